The summed E-state index contributed by atoms with van der Waals surface area (Å²) in [6.45, 7) is 7.02. The molecule has 2 rings (SSSR count). The Kier molecular flexibility index (Phi) is 4.66. The van der Waals surface area contributed by atoms with Gasteiger partial charge in [-0.2, -0.15) is 0 Å². The number of nitrogens with zero attached hydrogens (tertiary/aromatic N) is 1. The molecule has 0 aromatic heterocycles. The van der Waals surface area contributed by atoms with Crippen molar-refractivity contribution < 1.29 is 19.4 Å². The van der Waals surface area contributed by atoms with Gasteiger partial charge in [-0.25, -0.2) is 4.79 Å². The van der Waals surface area contributed by atoms with Crippen LogP contribution in [0.15, 0.2) is 30.3 Å². The molecule has 1 unspecified atom stereocenters. The number of carbonyl (C=O) groups excluding carboxylic acids is 1. The van der Waals surface area contributed by atoms with E-state index in [0.29, 0.717) is 13.1 Å². The number of morpholine rings is 1. The fourth-order valence-electron chi connectivity index (χ4n) is 2.63. The fraction of sp³-hybridized carbons (Fsp3) is 0.412. The fourth-order valence-corrected chi connectivity index (χ4v) is 2.63. The van der Waals surface area contributed by atoms with E-state index in [1.54, 1.807) is 23.1 Å². The lowest BCUT2D eigenvalue weighted by Gasteiger charge is -2.41. The lowest BCUT2D eigenvalue weighted by Crippen LogP contribution is -2.53. The number of amides is 1. The maximum absolute atomic E-state index is 12.3. The van der Waals surface area contributed by atoms with Crippen molar-refractivity contribution in [2.24, 2.45) is 0 Å². The highest BCUT2D eigenvalue weighted by atomic mass is 16.5. The van der Waals surface area contributed by atoms with Crippen LogP contribution < -0.4 is 0 Å². The molecule has 1 aromatic rings. The molecule has 0 radical (unpaired) electrons. The van der Waals surface area contributed by atoms with Crippen molar-refractivity contribution in [1.82, 2.24) is 4.90 Å². The maximum atomic E-state index is 12.3. The molecule has 1 amide bonds. The summed E-state index contributed by atoms with van der Waals surface area (Å²) >= 11 is 0. The van der Waals surface area contributed by atoms with Gasteiger partial charge in [0, 0.05) is 19.2 Å². The largest absolute Gasteiger partial charge is 0.478 e. The Morgan fingerprint density at radius 1 is 1.32 bits per heavy atom. The van der Waals surface area contributed by atoms with Gasteiger partial charge in [-0.1, -0.05) is 12.1 Å². The Bertz CT molecular complexity index is 589. The molecule has 0 bridgehead atoms. The smallest absolute Gasteiger partial charge is 0.335 e. The highest BCUT2D eigenvalue weighted by Gasteiger charge is 2.32. The Hall–Kier alpha value is -2.14. The second kappa shape index (κ2) is 6.32. The maximum Gasteiger partial charge on any atom is 0.335 e. The number of carboxylic acid groups (broad SMARTS) is 1. The third-order valence-electron chi connectivity index (χ3n) is 3.46. The summed E-state index contributed by atoms with van der Waals surface area (Å²) in [5.74, 6) is -1.03. The van der Waals surface area contributed by atoms with E-state index in [2.05, 4.69) is 0 Å². The van der Waals surface area contributed by atoms with Gasteiger partial charge in [0.1, 0.15) is 0 Å². The summed E-state index contributed by atoms with van der Waals surface area (Å²) in [5.41, 5.74) is 0.677. The highest BCUT2D eigenvalue weighted by molar-refractivity contribution is 5.92. The van der Waals surface area contributed by atoms with E-state index in [1.165, 1.54) is 18.2 Å². The minimum Gasteiger partial charge on any atom is -0.478 e. The zero-order valence-corrected chi connectivity index (χ0v) is 13.1. The number of rotatable bonds is 3. The predicted octanol–water partition coefficient (Wildman–Crippen LogP) is 2.42. The van der Waals surface area contributed by atoms with Gasteiger partial charge in [0.15, 0.2) is 0 Å². The van der Waals surface area contributed by atoms with Gasteiger partial charge in [0.25, 0.3) is 0 Å². The SMILES string of the molecule is CC1CN(C(=O)/C=C/c2ccc(C(=O)O)cc2)CC(C)(C)O1. The summed E-state index contributed by atoms with van der Waals surface area (Å²) < 4.78 is 5.78. The van der Waals surface area contributed by atoms with Crippen molar-refractivity contribution >= 4 is 18.0 Å². The zero-order chi connectivity index (χ0) is 16.3. The number of benzene rings is 1. The Morgan fingerprint density at radius 2 is 1.95 bits per heavy atom. The number of carbonyl (C=O) groups is 2. The molecule has 1 heterocycles. The molecule has 1 saturated heterocycles. The molecular weight excluding hydrogens is 282 g/mol. The van der Waals surface area contributed by atoms with Crippen LogP contribution in [-0.2, 0) is 9.53 Å². The molecule has 0 aliphatic carbocycles. The van der Waals surface area contributed by atoms with E-state index in [-0.39, 0.29) is 23.2 Å². The minimum absolute atomic E-state index is 0.0101. The average Bonchev–Trinajstić information content (AvgIpc) is 2.43. The van der Waals surface area contributed by atoms with Crippen molar-refractivity contribution in [3.63, 3.8) is 0 Å². The van der Waals surface area contributed by atoms with Gasteiger partial charge in [0.2, 0.25) is 5.91 Å². The standard InChI is InChI=1S/C17H21NO4/c1-12-10-18(11-17(2,3)22-12)15(19)9-6-13-4-7-14(8-5-13)16(20)21/h4-9,12H,10-11H2,1-3H3,(H,20,21)/b9-6+. The number of hydrogen-bond donors (Lipinski definition) is 1. The van der Waals surface area contributed by atoms with Gasteiger partial charge in [0.05, 0.1) is 17.3 Å². The highest BCUT2D eigenvalue weighted by Crippen LogP contribution is 2.21. The van der Waals surface area contributed by atoms with Gasteiger partial charge in [-0.3, -0.25) is 4.79 Å². The second-order valence-electron chi connectivity index (χ2n) is 6.17. The molecule has 118 valence electrons. The second-order valence-corrected chi connectivity index (χ2v) is 6.17. The van der Waals surface area contributed by atoms with Crippen LogP contribution in [0.3, 0.4) is 0 Å². The molecule has 1 aliphatic heterocycles. The molecule has 1 fully saturated rings. The summed E-state index contributed by atoms with van der Waals surface area (Å²) in [4.78, 5) is 24.8. The third kappa shape index (κ3) is 4.18. The number of hydrogen-bond acceptors (Lipinski definition) is 3. The van der Waals surface area contributed by atoms with E-state index in [9.17, 15) is 9.59 Å². The molecule has 0 saturated carbocycles. The first-order chi connectivity index (χ1) is 10.3. The summed E-state index contributed by atoms with van der Waals surface area (Å²) in [7, 11) is 0. The van der Waals surface area contributed by atoms with Crippen LogP contribution >= 0.6 is 0 Å². The van der Waals surface area contributed by atoms with Crippen LogP contribution in [-0.4, -0.2) is 46.7 Å². The molecule has 5 heteroatoms. The number of ether oxygens (including phenoxy) is 1. The summed E-state index contributed by atoms with van der Waals surface area (Å²) in [6.07, 6.45) is 3.22. The monoisotopic (exact) mass is 303 g/mol. The Morgan fingerprint density at radius 3 is 2.50 bits per heavy atom. The predicted molar refractivity (Wildman–Crippen MR) is 83.6 cm³/mol. The summed E-state index contributed by atoms with van der Waals surface area (Å²) in [5, 5.41) is 8.85. The van der Waals surface area contributed by atoms with Gasteiger partial charge < -0.3 is 14.7 Å². The van der Waals surface area contributed by atoms with Gasteiger partial charge in [-0.05, 0) is 44.5 Å². The first-order valence-electron chi connectivity index (χ1n) is 7.25. The summed E-state index contributed by atoms with van der Waals surface area (Å²) in [6, 6.07) is 6.40. The molecule has 1 aliphatic rings. The van der Waals surface area contributed by atoms with Crippen LogP contribution in [0.5, 0.6) is 0 Å². The normalized spacial score (nSPS) is 21.0. The lowest BCUT2D eigenvalue weighted by molar-refractivity contribution is -0.153. The molecular formula is C17H21NO4. The molecule has 0 spiro atoms. The molecule has 1 aromatic carbocycles. The number of aromatic carboxylic acids is 1. The lowest BCUT2D eigenvalue weighted by atomic mass is 10.1. The van der Waals surface area contributed by atoms with E-state index >= 15 is 0 Å². The topological polar surface area (TPSA) is 66.8 Å². The minimum atomic E-state index is -0.962. The number of carboxylic acids is 1. The van der Waals surface area contributed by atoms with E-state index in [1.807, 2.05) is 20.8 Å². The van der Waals surface area contributed by atoms with Crippen LogP contribution in [0.25, 0.3) is 6.08 Å². The van der Waals surface area contributed by atoms with Crippen molar-refractivity contribution in [2.75, 3.05) is 13.1 Å². The van der Waals surface area contributed by atoms with Crippen LogP contribution in [0.4, 0.5) is 0 Å². The first kappa shape index (κ1) is 16.2. The van der Waals surface area contributed by atoms with Crippen LogP contribution in [0, 0.1) is 0 Å². The molecule has 1 atom stereocenters. The molecule has 5 nitrogen and oxygen atoms in total. The average molecular weight is 303 g/mol. The quantitative estimate of drug-likeness (QED) is 0.871. The van der Waals surface area contributed by atoms with Crippen LogP contribution in [0.2, 0.25) is 0 Å². The zero-order valence-electron chi connectivity index (χ0n) is 13.1. The first-order valence-corrected chi connectivity index (χ1v) is 7.25. The van der Waals surface area contributed by atoms with Crippen molar-refractivity contribution in [2.45, 2.75) is 32.5 Å². The third-order valence-corrected chi connectivity index (χ3v) is 3.46. The van der Waals surface area contributed by atoms with Crippen LogP contribution in [0.1, 0.15) is 36.7 Å². The van der Waals surface area contributed by atoms with Crippen molar-refractivity contribution in [3.8, 4) is 0 Å². The Labute approximate surface area is 130 Å². The van der Waals surface area contributed by atoms with Gasteiger partial charge >= 0.3 is 5.97 Å². The van der Waals surface area contributed by atoms with E-state index in [0.717, 1.165) is 5.56 Å². The van der Waals surface area contributed by atoms with E-state index < -0.39 is 5.97 Å². The molecule has 22 heavy (non-hydrogen) atoms. The van der Waals surface area contributed by atoms with E-state index in [4.69, 9.17) is 9.84 Å². The van der Waals surface area contributed by atoms with Gasteiger partial charge in [-0.15, -0.1) is 0 Å². The Balaban J connectivity index is 2.03. The van der Waals surface area contributed by atoms with Crippen molar-refractivity contribution in [1.29, 1.82) is 0 Å². The molecule has 1 N–H and O–H groups in total. The van der Waals surface area contributed by atoms with Crippen molar-refractivity contribution in [3.05, 3.63) is 41.5 Å².